The van der Waals surface area contributed by atoms with Gasteiger partial charge in [-0.2, -0.15) is 0 Å². The molecule has 0 saturated carbocycles. The molecule has 1 atom stereocenters. The molecule has 34 heavy (non-hydrogen) atoms. The smallest absolute Gasteiger partial charge is 0.269 e. The average molecular weight is 456 g/mol. The van der Waals surface area contributed by atoms with Crippen LogP contribution in [-0.4, -0.2) is 41.1 Å². The zero-order valence-corrected chi connectivity index (χ0v) is 19.1. The Kier molecular flexibility index (Phi) is 5.76. The highest BCUT2D eigenvalue weighted by Gasteiger charge is 2.33. The van der Waals surface area contributed by atoms with E-state index in [2.05, 4.69) is 4.98 Å². The van der Waals surface area contributed by atoms with Crippen molar-refractivity contribution in [3.05, 3.63) is 100.0 Å². The fourth-order valence-corrected chi connectivity index (χ4v) is 4.71. The molecule has 7 heteroatoms. The van der Waals surface area contributed by atoms with E-state index in [-0.39, 0.29) is 24.1 Å². The number of amides is 1. The Hall–Kier alpha value is -4.13. The highest BCUT2D eigenvalue weighted by Crippen LogP contribution is 2.41. The summed E-state index contributed by atoms with van der Waals surface area (Å²) in [6.07, 6.45) is 1.95. The number of para-hydroxylation sites is 2. The minimum Gasteiger partial charge on any atom is -0.493 e. The predicted molar refractivity (Wildman–Crippen MR) is 129 cm³/mol. The van der Waals surface area contributed by atoms with E-state index < -0.39 is 0 Å². The second-order valence-corrected chi connectivity index (χ2v) is 8.23. The van der Waals surface area contributed by atoms with Crippen LogP contribution in [-0.2, 0) is 17.8 Å². The van der Waals surface area contributed by atoms with E-state index in [9.17, 15) is 9.59 Å². The van der Waals surface area contributed by atoms with Crippen LogP contribution in [0.2, 0.25) is 0 Å². The topological polar surface area (TPSA) is 73.7 Å². The van der Waals surface area contributed by atoms with Gasteiger partial charge in [-0.05, 0) is 47.4 Å². The molecule has 1 aromatic heterocycles. The summed E-state index contributed by atoms with van der Waals surface area (Å²) in [7, 11) is 3.23. The molecule has 0 saturated heterocycles. The molecule has 0 spiro atoms. The molecule has 3 aromatic carbocycles. The first-order chi connectivity index (χ1) is 16.6. The van der Waals surface area contributed by atoms with Gasteiger partial charge in [0.2, 0.25) is 5.91 Å². The van der Waals surface area contributed by atoms with Gasteiger partial charge in [0.1, 0.15) is 6.54 Å². The van der Waals surface area contributed by atoms with Gasteiger partial charge in [0.05, 0.1) is 37.5 Å². The summed E-state index contributed by atoms with van der Waals surface area (Å²) in [4.78, 5) is 32.4. The van der Waals surface area contributed by atoms with Crippen molar-refractivity contribution in [1.29, 1.82) is 0 Å². The van der Waals surface area contributed by atoms with Crippen LogP contribution in [0.1, 0.15) is 22.7 Å². The average Bonchev–Trinajstić information content (AvgIpc) is 2.89. The van der Waals surface area contributed by atoms with Crippen molar-refractivity contribution in [2.24, 2.45) is 0 Å². The molecular weight excluding hydrogens is 430 g/mol. The first-order valence-corrected chi connectivity index (χ1v) is 11.1. The Morgan fingerprint density at radius 1 is 1.00 bits per heavy atom. The lowest BCUT2D eigenvalue weighted by Crippen LogP contribution is -2.43. The SMILES string of the molecule is COc1cc2c(cc1OC)C(c1ccccc1)N(C(=O)Cn1c(=O)cnc3ccccc31)CC2. The third kappa shape index (κ3) is 3.79. The van der Waals surface area contributed by atoms with E-state index in [4.69, 9.17) is 9.47 Å². The minimum atomic E-state index is -0.305. The molecular formula is C27H25N3O4. The van der Waals surface area contributed by atoms with E-state index >= 15 is 0 Å². The second kappa shape index (κ2) is 9.02. The maximum absolute atomic E-state index is 13.7. The molecule has 4 aromatic rings. The molecule has 1 amide bonds. The maximum atomic E-state index is 13.7. The molecule has 1 unspecified atom stereocenters. The Labute approximate surface area is 197 Å². The molecule has 0 radical (unpaired) electrons. The number of carbonyl (C=O) groups is 1. The predicted octanol–water partition coefficient (Wildman–Crippen LogP) is 3.59. The number of fused-ring (bicyclic) bond motifs is 2. The number of nitrogens with zero attached hydrogens (tertiary/aromatic N) is 3. The van der Waals surface area contributed by atoms with Crippen molar-refractivity contribution in [2.45, 2.75) is 19.0 Å². The fourth-order valence-electron chi connectivity index (χ4n) is 4.71. The Morgan fingerprint density at radius 3 is 2.47 bits per heavy atom. The lowest BCUT2D eigenvalue weighted by atomic mass is 9.87. The van der Waals surface area contributed by atoms with Crippen molar-refractivity contribution in [2.75, 3.05) is 20.8 Å². The zero-order valence-electron chi connectivity index (χ0n) is 19.1. The van der Waals surface area contributed by atoms with Crippen molar-refractivity contribution in [3.8, 4) is 11.5 Å². The highest BCUT2D eigenvalue weighted by atomic mass is 16.5. The summed E-state index contributed by atoms with van der Waals surface area (Å²) < 4.78 is 12.6. The normalized spacial score (nSPS) is 15.1. The molecule has 1 aliphatic rings. The summed E-state index contributed by atoms with van der Waals surface area (Å²) in [5.74, 6) is 1.16. The molecule has 172 valence electrons. The number of hydrogen-bond acceptors (Lipinski definition) is 5. The zero-order chi connectivity index (χ0) is 23.7. The number of carbonyl (C=O) groups excluding carboxylic acids is 1. The number of hydrogen-bond donors (Lipinski definition) is 0. The molecule has 0 aliphatic carbocycles. The lowest BCUT2D eigenvalue weighted by Gasteiger charge is -2.38. The van der Waals surface area contributed by atoms with Gasteiger partial charge in [0.25, 0.3) is 5.56 Å². The molecule has 0 bridgehead atoms. The van der Waals surface area contributed by atoms with Crippen molar-refractivity contribution >= 4 is 16.9 Å². The van der Waals surface area contributed by atoms with Gasteiger partial charge in [-0.3, -0.25) is 14.2 Å². The molecule has 2 heterocycles. The van der Waals surface area contributed by atoms with Gasteiger partial charge in [0, 0.05) is 6.54 Å². The van der Waals surface area contributed by atoms with E-state index in [1.165, 1.54) is 10.8 Å². The minimum absolute atomic E-state index is 0.0617. The van der Waals surface area contributed by atoms with Crippen LogP contribution < -0.4 is 15.0 Å². The Morgan fingerprint density at radius 2 is 1.71 bits per heavy atom. The van der Waals surface area contributed by atoms with Crippen LogP contribution in [0, 0.1) is 0 Å². The molecule has 5 rings (SSSR count). The van der Waals surface area contributed by atoms with Crippen LogP contribution in [0.15, 0.2) is 77.7 Å². The Balaban J connectivity index is 1.58. The number of methoxy groups -OCH3 is 2. The summed E-state index contributed by atoms with van der Waals surface area (Å²) in [6, 6.07) is 20.9. The summed E-state index contributed by atoms with van der Waals surface area (Å²) in [5, 5.41) is 0. The van der Waals surface area contributed by atoms with Gasteiger partial charge < -0.3 is 14.4 Å². The van der Waals surface area contributed by atoms with E-state index in [0.29, 0.717) is 35.5 Å². The fraction of sp³-hybridized carbons (Fsp3) is 0.222. The van der Waals surface area contributed by atoms with Crippen LogP contribution in [0.5, 0.6) is 11.5 Å². The van der Waals surface area contributed by atoms with Gasteiger partial charge in [-0.25, -0.2) is 4.98 Å². The first kappa shape index (κ1) is 21.7. The molecule has 7 nitrogen and oxygen atoms in total. The number of rotatable bonds is 5. The molecule has 0 fully saturated rings. The van der Waals surface area contributed by atoms with Gasteiger partial charge in [-0.15, -0.1) is 0 Å². The maximum Gasteiger partial charge on any atom is 0.269 e. The van der Waals surface area contributed by atoms with E-state index in [1.807, 2.05) is 71.6 Å². The third-order valence-electron chi connectivity index (χ3n) is 6.36. The quantitative estimate of drug-likeness (QED) is 0.460. The third-order valence-corrected chi connectivity index (χ3v) is 6.36. The van der Waals surface area contributed by atoms with Gasteiger partial charge in [0.15, 0.2) is 11.5 Å². The summed E-state index contributed by atoms with van der Waals surface area (Å²) >= 11 is 0. The Bertz CT molecular complexity index is 1410. The van der Waals surface area contributed by atoms with Crippen LogP contribution >= 0.6 is 0 Å². The standard InChI is InChI=1S/C27H25N3O4/c1-33-23-14-19-12-13-29(27(18-8-4-3-5-9-18)20(19)15-24(23)34-2)26(32)17-30-22-11-7-6-10-21(22)28-16-25(30)31/h3-11,14-16,27H,12-13,17H2,1-2H3. The monoisotopic (exact) mass is 455 g/mol. The number of benzene rings is 3. The van der Waals surface area contributed by atoms with Crippen LogP contribution in [0.4, 0.5) is 0 Å². The van der Waals surface area contributed by atoms with Gasteiger partial charge in [-0.1, -0.05) is 42.5 Å². The van der Waals surface area contributed by atoms with E-state index in [0.717, 1.165) is 16.7 Å². The lowest BCUT2D eigenvalue weighted by molar-refractivity contribution is -0.133. The number of aromatic nitrogens is 2. The largest absolute Gasteiger partial charge is 0.493 e. The van der Waals surface area contributed by atoms with Crippen molar-refractivity contribution in [3.63, 3.8) is 0 Å². The first-order valence-electron chi connectivity index (χ1n) is 11.1. The summed E-state index contributed by atoms with van der Waals surface area (Å²) in [5.41, 5.74) is 4.12. The van der Waals surface area contributed by atoms with Gasteiger partial charge >= 0.3 is 0 Å². The highest BCUT2D eigenvalue weighted by molar-refractivity contribution is 5.81. The van der Waals surface area contributed by atoms with Crippen LogP contribution in [0.3, 0.4) is 0 Å². The molecule has 0 N–H and O–H groups in total. The number of ether oxygens (including phenoxy) is 2. The van der Waals surface area contributed by atoms with Crippen LogP contribution in [0.25, 0.3) is 11.0 Å². The van der Waals surface area contributed by atoms with Crippen molar-refractivity contribution < 1.29 is 14.3 Å². The summed E-state index contributed by atoms with van der Waals surface area (Å²) in [6.45, 7) is 0.465. The second-order valence-electron chi connectivity index (χ2n) is 8.23. The van der Waals surface area contributed by atoms with E-state index in [1.54, 1.807) is 14.2 Å². The van der Waals surface area contributed by atoms with Crippen molar-refractivity contribution in [1.82, 2.24) is 14.5 Å². The molecule has 1 aliphatic heterocycles.